The SMILES string of the molecule is COc1cncc(/C2=C/C=c3\c(c(-c4nc5c(-c6ccc(C)s6)nccc5[nH]4)nn3C)=C\CC2)c1. The van der Waals surface area contributed by atoms with Crippen molar-refractivity contribution in [3.05, 3.63) is 69.9 Å². The van der Waals surface area contributed by atoms with Crippen molar-refractivity contribution >= 4 is 40.1 Å². The van der Waals surface area contributed by atoms with Crippen LogP contribution in [0.5, 0.6) is 5.75 Å². The molecule has 0 fully saturated rings. The Bertz CT molecular complexity index is 1720. The van der Waals surface area contributed by atoms with E-state index in [1.807, 2.05) is 36.3 Å². The van der Waals surface area contributed by atoms with Crippen molar-refractivity contribution in [3.8, 4) is 27.8 Å². The van der Waals surface area contributed by atoms with Crippen LogP contribution in [-0.2, 0) is 7.05 Å². The van der Waals surface area contributed by atoms with Gasteiger partial charge >= 0.3 is 0 Å². The summed E-state index contributed by atoms with van der Waals surface area (Å²) in [4.78, 5) is 19.8. The van der Waals surface area contributed by atoms with Gasteiger partial charge in [0.2, 0.25) is 0 Å². The highest BCUT2D eigenvalue weighted by Crippen LogP contribution is 2.31. The quantitative estimate of drug-likeness (QED) is 0.416. The minimum absolute atomic E-state index is 0.755. The van der Waals surface area contributed by atoms with Crippen molar-refractivity contribution < 1.29 is 4.74 Å². The Morgan fingerprint density at radius 3 is 2.86 bits per heavy atom. The molecule has 35 heavy (non-hydrogen) atoms. The number of fused-ring (bicyclic) bond motifs is 2. The maximum absolute atomic E-state index is 5.36. The molecule has 1 N–H and O–H groups in total. The Morgan fingerprint density at radius 1 is 1.11 bits per heavy atom. The van der Waals surface area contributed by atoms with E-state index in [1.54, 1.807) is 24.6 Å². The first-order chi connectivity index (χ1) is 17.1. The molecule has 1 aliphatic carbocycles. The van der Waals surface area contributed by atoms with E-state index >= 15 is 0 Å². The van der Waals surface area contributed by atoms with Crippen LogP contribution >= 0.6 is 11.3 Å². The first kappa shape index (κ1) is 21.5. The highest BCUT2D eigenvalue weighted by Gasteiger charge is 2.17. The zero-order chi connectivity index (χ0) is 23.9. The number of aromatic nitrogens is 6. The zero-order valence-corrected chi connectivity index (χ0v) is 20.6. The number of thiophene rings is 1. The predicted octanol–water partition coefficient (Wildman–Crippen LogP) is 4.24. The molecule has 0 unspecified atom stereocenters. The summed E-state index contributed by atoms with van der Waals surface area (Å²) in [5, 5.41) is 6.99. The van der Waals surface area contributed by atoms with E-state index in [0.717, 1.165) is 67.8 Å². The van der Waals surface area contributed by atoms with Gasteiger partial charge in [0.05, 0.1) is 29.0 Å². The Balaban J connectivity index is 1.46. The summed E-state index contributed by atoms with van der Waals surface area (Å²) < 4.78 is 7.27. The average Bonchev–Trinajstić information content (AvgIpc) is 3.56. The smallest absolute Gasteiger partial charge is 0.159 e. The van der Waals surface area contributed by atoms with Gasteiger partial charge in [0.15, 0.2) is 5.82 Å². The lowest BCUT2D eigenvalue weighted by Crippen LogP contribution is -2.28. The molecule has 0 spiro atoms. The second kappa shape index (κ2) is 8.63. The number of ether oxygens (including phenoxy) is 1. The molecular weight excluding hydrogens is 456 g/mol. The van der Waals surface area contributed by atoms with Crippen LogP contribution in [0.4, 0.5) is 0 Å². The molecule has 0 atom stereocenters. The van der Waals surface area contributed by atoms with Crippen molar-refractivity contribution in [3.63, 3.8) is 0 Å². The number of nitrogens with zero attached hydrogens (tertiary/aromatic N) is 5. The Kier molecular flexibility index (Phi) is 5.30. The van der Waals surface area contributed by atoms with E-state index in [0.29, 0.717) is 0 Å². The summed E-state index contributed by atoms with van der Waals surface area (Å²) in [6.45, 7) is 2.10. The summed E-state index contributed by atoms with van der Waals surface area (Å²) in [5.74, 6) is 1.51. The molecule has 0 amide bonds. The van der Waals surface area contributed by atoms with E-state index in [-0.39, 0.29) is 0 Å². The van der Waals surface area contributed by atoms with Crippen LogP contribution < -0.4 is 15.3 Å². The van der Waals surface area contributed by atoms with Crippen LogP contribution in [0.2, 0.25) is 0 Å². The maximum Gasteiger partial charge on any atom is 0.159 e. The summed E-state index contributed by atoms with van der Waals surface area (Å²) in [5.41, 5.74) is 5.86. The van der Waals surface area contributed by atoms with E-state index in [4.69, 9.17) is 14.8 Å². The van der Waals surface area contributed by atoms with Crippen molar-refractivity contribution in [1.82, 2.24) is 29.7 Å². The lowest BCUT2D eigenvalue weighted by molar-refractivity contribution is 0.412. The topological polar surface area (TPSA) is 81.5 Å². The zero-order valence-electron chi connectivity index (χ0n) is 19.7. The molecule has 8 heteroatoms. The average molecular weight is 481 g/mol. The number of rotatable bonds is 4. The Morgan fingerprint density at radius 2 is 2.03 bits per heavy atom. The number of nitrogens with one attached hydrogen (secondary N) is 1. The van der Waals surface area contributed by atoms with Crippen LogP contribution in [-0.4, -0.2) is 36.8 Å². The van der Waals surface area contributed by atoms with Gasteiger partial charge in [-0.25, -0.2) is 4.98 Å². The third kappa shape index (κ3) is 3.85. The molecule has 1 aliphatic rings. The summed E-state index contributed by atoms with van der Waals surface area (Å²) >= 11 is 1.73. The third-order valence-electron chi connectivity index (χ3n) is 6.25. The summed E-state index contributed by atoms with van der Waals surface area (Å²) in [6.07, 6.45) is 13.8. The fraction of sp³-hybridized carbons (Fsp3) is 0.185. The van der Waals surface area contributed by atoms with Gasteiger partial charge in [-0.05, 0) is 61.2 Å². The van der Waals surface area contributed by atoms with Crippen LogP contribution in [0.1, 0.15) is 23.3 Å². The van der Waals surface area contributed by atoms with E-state index in [2.05, 4.69) is 52.2 Å². The van der Waals surface area contributed by atoms with Gasteiger partial charge < -0.3 is 9.72 Å². The standard InChI is InChI=1S/C27H24N6OS/c1-16-7-10-23(35-16)26-25-21(11-12-29-26)30-27(31-25)24-20-6-4-5-17(8-9-22(20)33(2)32-24)18-13-19(34-3)15-28-14-18/h6-15H,4-5H2,1-3H3,(H,30,31)/b17-8+,20-6-,22-9+. The predicted molar refractivity (Wildman–Crippen MR) is 140 cm³/mol. The molecular formula is C27H24N6OS. The molecule has 174 valence electrons. The normalized spacial score (nSPS) is 16.8. The first-order valence-corrected chi connectivity index (χ1v) is 12.3. The van der Waals surface area contributed by atoms with Gasteiger partial charge in [-0.1, -0.05) is 12.2 Å². The molecule has 5 aromatic rings. The number of hydrogen-bond acceptors (Lipinski definition) is 6. The monoisotopic (exact) mass is 480 g/mol. The lowest BCUT2D eigenvalue weighted by atomic mass is 10.00. The van der Waals surface area contributed by atoms with Gasteiger partial charge in [-0.15, -0.1) is 11.3 Å². The van der Waals surface area contributed by atoms with Gasteiger partial charge in [0, 0.05) is 29.5 Å². The number of imidazole rings is 1. The minimum atomic E-state index is 0.755. The molecule has 0 aromatic carbocycles. The number of allylic oxidation sites excluding steroid dienone is 2. The van der Waals surface area contributed by atoms with Crippen LogP contribution in [0.25, 0.3) is 50.8 Å². The molecule has 0 saturated heterocycles. The number of pyridine rings is 2. The molecule has 0 radical (unpaired) electrons. The fourth-order valence-corrected chi connectivity index (χ4v) is 5.36. The highest BCUT2D eigenvalue weighted by molar-refractivity contribution is 7.15. The third-order valence-corrected chi connectivity index (χ3v) is 7.26. The Hall–Kier alpha value is -4.04. The maximum atomic E-state index is 5.36. The number of aromatic amines is 1. The van der Waals surface area contributed by atoms with Crippen molar-refractivity contribution in [2.24, 2.45) is 7.05 Å². The van der Waals surface area contributed by atoms with Gasteiger partial charge in [0.25, 0.3) is 0 Å². The van der Waals surface area contributed by atoms with E-state index in [1.165, 1.54) is 10.5 Å². The lowest BCUT2D eigenvalue weighted by Gasteiger charge is -2.08. The molecule has 0 bridgehead atoms. The number of H-pyrrole nitrogens is 1. The van der Waals surface area contributed by atoms with Crippen molar-refractivity contribution in [2.45, 2.75) is 19.8 Å². The number of methoxy groups -OCH3 is 1. The van der Waals surface area contributed by atoms with E-state index in [9.17, 15) is 0 Å². The second-order valence-electron chi connectivity index (χ2n) is 8.54. The van der Waals surface area contributed by atoms with Crippen LogP contribution in [0.15, 0.2) is 48.9 Å². The summed E-state index contributed by atoms with van der Waals surface area (Å²) in [6, 6.07) is 8.22. The highest BCUT2D eigenvalue weighted by atomic mass is 32.1. The molecule has 5 heterocycles. The first-order valence-electron chi connectivity index (χ1n) is 11.5. The molecule has 5 aromatic heterocycles. The molecule has 0 saturated carbocycles. The molecule has 6 rings (SSSR count). The minimum Gasteiger partial charge on any atom is -0.495 e. The number of aryl methyl sites for hydroxylation is 2. The fourth-order valence-electron chi connectivity index (χ4n) is 4.50. The summed E-state index contributed by atoms with van der Waals surface area (Å²) in [7, 11) is 3.63. The van der Waals surface area contributed by atoms with Crippen molar-refractivity contribution in [2.75, 3.05) is 7.11 Å². The number of hydrogen-bond donors (Lipinski definition) is 1. The van der Waals surface area contributed by atoms with Crippen LogP contribution in [0.3, 0.4) is 0 Å². The van der Waals surface area contributed by atoms with Crippen molar-refractivity contribution in [1.29, 1.82) is 0 Å². The van der Waals surface area contributed by atoms with E-state index < -0.39 is 0 Å². The van der Waals surface area contributed by atoms with Crippen LogP contribution in [0, 0.1) is 6.92 Å². The molecule has 0 aliphatic heterocycles. The van der Waals surface area contributed by atoms with Gasteiger partial charge in [0.1, 0.15) is 22.7 Å². The Labute approximate surface area is 206 Å². The largest absolute Gasteiger partial charge is 0.495 e. The molecule has 7 nitrogen and oxygen atoms in total. The second-order valence-corrected chi connectivity index (χ2v) is 9.83. The van der Waals surface area contributed by atoms with Gasteiger partial charge in [-0.3, -0.25) is 14.6 Å². The van der Waals surface area contributed by atoms with Gasteiger partial charge in [-0.2, -0.15) is 5.10 Å².